The third-order valence-corrected chi connectivity index (χ3v) is 5.09. The molecule has 28 heavy (non-hydrogen) atoms. The zero-order valence-corrected chi connectivity index (χ0v) is 16.5. The van der Waals surface area contributed by atoms with Crippen molar-refractivity contribution in [3.63, 3.8) is 0 Å². The molecule has 0 atom stereocenters. The fourth-order valence-corrected chi connectivity index (χ4v) is 3.37. The number of benzene rings is 2. The molecule has 6 heteroatoms. The maximum atomic E-state index is 14.3. The van der Waals surface area contributed by atoms with Gasteiger partial charge in [-0.3, -0.25) is 9.69 Å². The monoisotopic (exact) mass is 385 g/mol. The van der Waals surface area contributed by atoms with Crippen LogP contribution in [0.15, 0.2) is 42.5 Å². The molecule has 2 aromatic rings. The Bertz CT molecular complexity index is 800. The predicted molar refractivity (Wildman–Crippen MR) is 108 cm³/mol. The third-order valence-electron chi connectivity index (χ3n) is 5.09. The number of nitrogens with zero attached hydrogens (tertiary/aromatic N) is 2. The molecule has 0 radical (unpaired) electrons. The van der Waals surface area contributed by atoms with Crippen molar-refractivity contribution in [1.29, 1.82) is 0 Å². The van der Waals surface area contributed by atoms with Crippen molar-refractivity contribution in [2.45, 2.75) is 26.3 Å². The van der Waals surface area contributed by atoms with Crippen molar-refractivity contribution in [3.8, 4) is 11.5 Å². The van der Waals surface area contributed by atoms with Crippen LogP contribution in [0, 0.1) is 5.82 Å². The van der Waals surface area contributed by atoms with Crippen molar-refractivity contribution in [3.05, 3.63) is 59.4 Å². The van der Waals surface area contributed by atoms with Gasteiger partial charge in [-0.05, 0) is 62.7 Å². The lowest BCUT2D eigenvalue weighted by Gasteiger charge is -2.37. The molecular weight excluding hydrogens is 357 g/mol. The van der Waals surface area contributed by atoms with Crippen LogP contribution in [0.4, 0.5) is 4.39 Å². The minimum Gasteiger partial charge on any atom is -0.457 e. The van der Waals surface area contributed by atoms with Gasteiger partial charge in [0.05, 0.1) is 5.56 Å². The van der Waals surface area contributed by atoms with Gasteiger partial charge >= 0.3 is 0 Å². The highest BCUT2D eigenvalue weighted by molar-refractivity contribution is 5.95. The maximum Gasteiger partial charge on any atom is 0.257 e. The highest BCUT2D eigenvalue weighted by atomic mass is 19.1. The molecule has 1 amide bonds. The van der Waals surface area contributed by atoms with Crippen LogP contribution in [0.25, 0.3) is 0 Å². The van der Waals surface area contributed by atoms with Gasteiger partial charge in [0.15, 0.2) is 0 Å². The zero-order valence-electron chi connectivity index (χ0n) is 16.5. The summed E-state index contributed by atoms with van der Waals surface area (Å²) in [5.41, 5.74) is 6.74. The number of amides is 1. The van der Waals surface area contributed by atoms with Crippen LogP contribution in [0.1, 0.15) is 29.8 Å². The summed E-state index contributed by atoms with van der Waals surface area (Å²) >= 11 is 0. The molecule has 0 spiro atoms. The molecule has 0 aromatic heterocycles. The molecule has 1 aliphatic rings. The van der Waals surface area contributed by atoms with E-state index in [0.29, 0.717) is 37.2 Å². The first kappa shape index (κ1) is 20.3. The van der Waals surface area contributed by atoms with Gasteiger partial charge in [-0.25, -0.2) is 4.39 Å². The van der Waals surface area contributed by atoms with Crippen LogP contribution in [-0.2, 0) is 6.42 Å². The fourth-order valence-electron chi connectivity index (χ4n) is 3.37. The Hall–Kier alpha value is -2.44. The van der Waals surface area contributed by atoms with E-state index in [1.807, 2.05) is 24.3 Å². The van der Waals surface area contributed by atoms with Crippen molar-refractivity contribution in [2.75, 3.05) is 32.7 Å². The minimum atomic E-state index is -0.526. The summed E-state index contributed by atoms with van der Waals surface area (Å²) in [6, 6.07) is 12.4. The average molecular weight is 385 g/mol. The van der Waals surface area contributed by atoms with Crippen LogP contribution in [0.5, 0.6) is 11.5 Å². The topological polar surface area (TPSA) is 58.8 Å². The van der Waals surface area contributed by atoms with E-state index in [4.69, 9.17) is 10.5 Å². The van der Waals surface area contributed by atoms with Gasteiger partial charge in [-0.2, -0.15) is 0 Å². The summed E-state index contributed by atoms with van der Waals surface area (Å²) in [7, 11) is 0. The second kappa shape index (κ2) is 9.17. The summed E-state index contributed by atoms with van der Waals surface area (Å²) in [5.74, 6) is 0.264. The number of piperazine rings is 1. The van der Waals surface area contributed by atoms with E-state index in [9.17, 15) is 9.18 Å². The summed E-state index contributed by atoms with van der Waals surface area (Å²) in [5, 5.41) is 0. The van der Waals surface area contributed by atoms with Crippen molar-refractivity contribution >= 4 is 5.91 Å². The van der Waals surface area contributed by atoms with E-state index in [1.165, 1.54) is 18.2 Å². The second-order valence-electron chi connectivity index (χ2n) is 7.35. The number of halogens is 1. The smallest absolute Gasteiger partial charge is 0.257 e. The summed E-state index contributed by atoms with van der Waals surface area (Å²) < 4.78 is 20.1. The molecule has 2 N–H and O–H groups in total. The first-order valence-corrected chi connectivity index (χ1v) is 9.77. The number of carbonyl (C=O) groups is 1. The number of rotatable bonds is 6. The SMILES string of the molecule is CC(C)N1CCN(C(=O)c2cc(Oc3ccc(CCN)cc3)ccc2F)CC1. The Morgan fingerprint density at radius 1 is 1.07 bits per heavy atom. The third kappa shape index (κ3) is 4.88. The van der Waals surface area contributed by atoms with E-state index in [2.05, 4.69) is 18.7 Å². The molecule has 150 valence electrons. The summed E-state index contributed by atoms with van der Waals surface area (Å²) in [6.07, 6.45) is 0.805. The number of carbonyl (C=O) groups excluding carboxylic acids is 1. The molecule has 0 bridgehead atoms. The molecule has 1 heterocycles. The van der Waals surface area contributed by atoms with Gasteiger partial charge in [0.25, 0.3) is 5.91 Å². The van der Waals surface area contributed by atoms with Crippen molar-refractivity contribution in [1.82, 2.24) is 9.80 Å². The normalized spacial score (nSPS) is 15.1. The first-order chi connectivity index (χ1) is 13.5. The molecular formula is C22H28FN3O2. The van der Waals surface area contributed by atoms with Crippen LogP contribution >= 0.6 is 0 Å². The Kier molecular flexibility index (Phi) is 6.65. The van der Waals surface area contributed by atoms with Crippen LogP contribution in [-0.4, -0.2) is 54.5 Å². The average Bonchev–Trinajstić information content (AvgIpc) is 2.70. The Balaban J connectivity index is 1.70. The van der Waals surface area contributed by atoms with Crippen LogP contribution in [0.3, 0.4) is 0 Å². The molecule has 0 aliphatic carbocycles. The van der Waals surface area contributed by atoms with Gasteiger partial charge in [0, 0.05) is 32.2 Å². The lowest BCUT2D eigenvalue weighted by molar-refractivity contribution is 0.0591. The van der Waals surface area contributed by atoms with E-state index in [0.717, 1.165) is 25.1 Å². The standard InChI is InChI=1S/C22H28FN3O2/c1-16(2)25-11-13-26(14-12-25)22(27)20-15-19(7-8-21(20)23)28-18-5-3-17(4-6-18)9-10-24/h3-8,15-16H,9-14,24H2,1-2H3. The molecule has 1 fully saturated rings. The van der Waals surface area contributed by atoms with Gasteiger partial charge in [0.2, 0.25) is 0 Å². The Morgan fingerprint density at radius 2 is 1.71 bits per heavy atom. The van der Waals surface area contributed by atoms with Crippen LogP contribution in [0.2, 0.25) is 0 Å². The van der Waals surface area contributed by atoms with E-state index in [1.54, 1.807) is 4.90 Å². The summed E-state index contributed by atoms with van der Waals surface area (Å²) in [4.78, 5) is 16.8. The second-order valence-corrected chi connectivity index (χ2v) is 7.35. The number of hydrogen-bond donors (Lipinski definition) is 1. The van der Waals surface area contributed by atoms with Crippen LogP contribution < -0.4 is 10.5 Å². The van der Waals surface area contributed by atoms with Gasteiger partial charge in [-0.1, -0.05) is 12.1 Å². The quantitative estimate of drug-likeness (QED) is 0.829. The van der Waals surface area contributed by atoms with Gasteiger partial charge in [-0.15, -0.1) is 0 Å². The molecule has 0 saturated carbocycles. The van der Waals surface area contributed by atoms with E-state index >= 15 is 0 Å². The Morgan fingerprint density at radius 3 is 2.32 bits per heavy atom. The summed E-state index contributed by atoms with van der Waals surface area (Å²) in [6.45, 7) is 7.68. The molecule has 1 saturated heterocycles. The molecule has 0 unspecified atom stereocenters. The molecule has 3 rings (SSSR count). The molecule has 2 aromatic carbocycles. The lowest BCUT2D eigenvalue weighted by atomic mass is 10.1. The number of ether oxygens (including phenoxy) is 1. The zero-order chi connectivity index (χ0) is 20.1. The predicted octanol–water partition coefficient (Wildman–Crippen LogP) is 3.29. The van der Waals surface area contributed by atoms with Gasteiger partial charge in [0.1, 0.15) is 17.3 Å². The maximum absolute atomic E-state index is 14.3. The van der Waals surface area contributed by atoms with Crippen molar-refractivity contribution in [2.24, 2.45) is 5.73 Å². The van der Waals surface area contributed by atoms with Gasteiger partial charge < -0.3 is 15.4 Å². The lowest BCUT2D eigenvalue weighted by Crippen LogP contribution is -2.50. The number of hydrogen-bond acceptors (Lipinski definition) is 4. The van der Waals surface area contributed by atoms with E-state index < -0.39 is 5.82 Å². The Labute approximate surface area is 165 Å². The first-order valence-electron chi connectivity index (χ1n) is 9.77. The highest BCUT2D eigenvalue weighted by Gasteiger charge is 2.25. The highest BCUT2D eigenvalue weighted by Crippen LogP contribution is 2.25. The molecule has 1 aliphatic heterocycles. The largest absolute Gasteiger partial charge is 0.457 e. The minimum absolute atomic E-state index is 0.0512. The molecule has 5 nitrogen and oxygen atoms in total. The van der Waals surface area contributed by atoms with Crippen molar-refractivity contribution < 1.29 is 13.9 Å². The van der Waals surface area contributed by atoms with E-state index in [-0.39, 0.29) is 11.5 Å². The fraction of sp³-hybridized carbons (Fsp3) is 0.409. The number of nitrogens with two attached hydrogens (primary N) is 1.